The summed E-state index contributed by atoms with van der Waals surface area (Å²) in [5.41, 5.74) is -1.64. The number of nitrogens with one attached hydrogen (secondary N) is 1. The van der Waals surface area contributed by atoms with E-state index < -0.39 is 38.3 Å². The zero-order valence-corrected chi connectivity index (χ0v) is 20.5. The average molecular weight is 563 g/mol. The Balaban J connectivity index is 2.23. The van der Waals surface area contributed by atoms with Crippen LogP contribution in [0, 0.1) is 9.39 Å². The summed E-state index contributed by atoms with van der Waals surface area (Å²) in [5, 5.41) is -0.539. The molecule has 1 aliphatic rings. The van der Waals surface area contributed by atoms with Crippen LogP contribution < -0.4 is 15.2 Å². The molecule has 1 aromatic carbocycles. The highest BCUT2D eigenvalue weighted by atomic mass is 127. The molecule has 0 spiro atoms. The van der Waals surface area contributed by atoms with Gasteiger partial charge in [-0.3, -0.25) is 14.1 Å². The molecular formula is C20H23FIN3O5S. The van der Waals surface area contributed by atoms with Crippen LogP contribution in [0.2, 0.25) is 0 Å². The highest BCUT2D eigenvalue weighted by Crippen LogP contribution is 2.37. The SMILES string of the molecule is Cn1c(N(C(=O)OC(C)(C)C)c2ccc(I)cc2F)c(NS(=O)(=O)C2CC2)ccc1=O. The number of nitrogens with zero attached hydrogens (tertiary/aromatic N) is 2. The minimum atomic E-state index is -3.72. The number of halogens is 2. The molecule has 1 fully saturated rings. The third kappa shape index (κ3) is 5.37. The summed E-state index contributed by atoms with van der Waals surface area (Å²) in [6.45, 7) is 4.94. The van der Waals surface area contributed by atoms with Crippen molar-refractivity contribution in [2.45, 2.75) is 44.5 Å². The van der Waals surface area contributed by atoms with Crippen LogP contribution in [-0.4, -0.2) is 29.9 Å². The van der Waals surface area contributed by atoms with Gasteiger partial charge < -0.3 is 4.74 Å². The van der Waals surface area contributed by atoms with Crippen molar-refractivity contribution in [1.82, 2.24) is 4.57 Å². The van der Waals surface area contributed by atoms with Gasteiger partial charge in [-0.15, -0.1) is 0 Å². The van der Waals surface area contributed by atoms with E-state index in [-0.39, 0.29) is 17.2 Å². The van der Waals surface area contributed by atoms with E-state index in [4.69, 9.17) is 4.74 Å². The predicted octanol–water partition coefficient (Wildman–Crippen LogP) is 4.11. The average Bonchev–Trinajstić information content (AvgIpc) is 3.46. The van der Waals surface area contributed by atoms with Crippen molar-refractivity contribution >= 4 is 55.9 Å². The molecule has 1 N–H and O–H groups in total. The number of rotatable bonds is 5. The quantitative estimate of drug-likeness (QED) is 0.553. The van der Waals surface area contributed by atoms with Gasteiger partial charge in [0.15, 0.2) is 0 Å². The Bertz CT molecular complexity index is 1190. The minimum Gasteiger partial charge on any atom is -0.443 e. The van der Waals surface area contributed by atoms with Crippen molar-refractivity contribution in [1.29, 1.82) is 0 Å². The molecule has 0 bridgehead atoms. The number of ether oxygens (including phenoxy) is 1. The van der Waals surface area contributed by atoms with Crippen molar-refractivity contribution in [3.05, 3.63) is 50.1 Å². The molecule has 1 aromatic heterocycles. The normalized spacial score (nSPS) is 14.3. The molecular weight excluding hydrogens is 540 g/mol. The summed E-state index contributed by atoms with van der Waals surface area (Å²) in [6, 6.07) is 6.62. The van der Waals surface area contributed by atoms with E-state index in [1.54, 1.807) is 26.8 Å². The van der Waals surface area contributed by atoms with Crippen molar-refractivity contribution in [2.24, 2.45) is 7.05 Å². The smallest absolute Gasteiger partial charge is 0.420 e. The fourth-order valence-electron chi connectivity index (χ4n) is 2.86. The lowest BCUT2D eigenvalue weighted by atomic mass is 10.2. The first-order chi connectivity index (χ1) is 14.3. The summed E-state index contributed by atoms with van der Waals surface area (Å²) in [4.78, 5) is 26.4. The summed E-state index contributed by atoms with van der Waals surface area (Å²) in [5.74, 6) is -0.879. The Kier molecular flexibility index (Phi) is 6.38. The summed E-state index contributed by atoms with van der Waals surface area (Å²) < 4.78 is 49.7. The van der Waals surface area contributed by atoms with Crippen molar-refractivity contribution in [3.63, 3.8) is 0 Å². The maximum atomic E-state index is 14.9. The predicted molar refractivity (Wildman–Crippen MR) is 125 cm³/mol. The summed E-state index contributed by atoms with van der Waals surface area (Å²) >= 11 is 1.93. The maximum Gasteiger partial charge on any atom is 0.420 e. The van der Waals surface area contributed by atoms with Crippen molar-refractivity contribution < 1.29 is 22.3 Å². The van der Waals surface area contributed by atoms with Gasteiger partial charge in [0.25, 0.3) is 5.56 Å². The number of pyridine rings is 1. The Labute approximate surface area is 193 Å². The fourth-order valence-corrected chi connectivity index (χ4v) is 4.70. The van der Waals surface area contributed by atoms with Crippen LogP contribution in [0.4, 0.5) is 26.4 Å². The number of sulfonamides is 1. The number of amides is 1. The van der Waals surface area contributed by atoms with E-state index in [0.29, 0.717) is 16.4 Å². The molecule has 31 heavy (non-hydrogen) atoms. The standard InChI is InChI=1S/C20H23FIN3O5S/c1-20(2,3)30-19(27)25(16-9-5-12(22)11-14(16)21)18-15(8-10-17(26)24(18)4)23-31(28,29)13-6-7-13/h5,8-11,13,23H,6-7H2,1-4H3. The van der Waals surface area contributed by atoms with Gasteiger partial charge in [0.1, 0.15) is 17.2 Å². The Hall–Kier alpha value is -2.15. The highest BCUT2D eigenvalue weighted by Gasteiger charge is 2.38. The third-order valence-corrected chi connectivity index (χ3v) is 6.96. The van der Waals surface area contributed by atoms with Gasteiger partial charge in [0, 0.05) is 16.7 Å². The summed E-state index contributed by atoms with van der Waals surface area (Å²) in [6.07, 6.45) is 0.0938. The number of benzene rings is 1. The van der Waals surface area contributed by atoms with Crippen LogP contribution in [0.25, 0.3) is 0 Å². The second kappa shape index (κ2) is 8.41. The van der Waals surface area contributed by atoms with E-state index >= 15 is 0 Å². The molecule has 0 aliphatic heterocycles. The lowest BCUT2D eigenvalue weighted by molar-refractivity contribution is 0.0596. The van der Waals surface area contributed by atoms with Crippen LogP contribution in [0.15, 0.2) is 35.1 Å². The second-order valence-electron chi connectivity index (χ2n) is 8.23. The minimum absolute atomic E-state index is 0.0298. The molecule has 8 nitrogen and oxygen atoms in total. The van der Waals surface area contributed by atoms with Gasteiger partial charge in [-0.05, 0) is 80.5 Å². The zero-order chi connectivity index (χ0) is 23.1. The fraction of sp³-hybridized carbons (Fsp3) is 0.400. The van der Waals surface area contributed by atoms with Gasteiger partial charge in [-0.1, -0.05) is 0 Å². The number of carbonyl (C=O) groups is 1. The molecule has 168 valence electrons. The van der Waals surface area contributed by atoms with Crippen LogP contribution in [0.5, 0.6) is 0 Å². The van der Waals surface area contributed by atoms with E-state index in [9.17, 15) is 22.4 Å². The third-order valence-electron chi connectivity index (χ3n) is 4.44. The molecule has 1 heterocycles. The Morgan fingerprint density at radius 3 is 2.45 bits per heavy atom. The van der Waals surface area contributed by atoms with Gasteiger partial charge in [0.2, 0.25) is 10.0 Å². The number of hydrogen-bond donors (Lipinski definition) is 1. The molecule has 1 amide bonds. The molecule has 0 radical (unpaired) electrons. The highest BCUT2D eigenvalue weighted by molar-refractivity contribution is 14.1. The van der Waals surface area contributed by atoms with Crippen LogP contribution in [0.1, 0.15) is 33.6 Å². The van der Waals surface area contributed by atoms with Crippen molar-refractivity contribution in [2.75, 3.05) is 9.62 Å². The monoisotopic (exact) mass is 563 g/mol. The first kappa shape index (κ1) is 23.5. The molecule has 1 aliphatic carbocycles. The second-order valence-corrected chi connectivity index (χ2v) is 11.4. The van der Waals surface area contributed by atoms with Crippen molar-refractivity contribution in [3.8, 4) is 0 Å². The Morgan fingerprint density at radius 1 is 1.26 bits per heavy atom. The van der Waals surface area contributed by atoms with Crippen LogP contribution >= 0.6 is 22.6 Å². The maximum absolute atomic E-state index is 14.9. The van der Waals surface area contributed by atoms with Gasteiger partial charge >= 0.3 is 6.09 Å². The van der Waals surface area contributed by atoms with Crippen LogP contribution in [0.3, 0.4) is 0 Å². The lowest BCUT2D eigenvalue weighted by Crippen LogP contribution is -2.38. The molecule has 0 unspecified atom stereocenters. The van der Waals surface area contributed by atoms with E-state index in [1.807, 2.05) is 22.6 Å². The number of anilines is 3. The number of aromatic nitrogens is 1. The van der Waals surface area contributed by atoms with Gasteiger partial charge in [0.05, 0.1) is 16.6 Å². The Morgan fingerprint density at radius 2 is 1.90 bits per heavy atom. The van der Waals surface area contributed by atoms with E-state index in [2.05, 4.69) is 4.72 Å². The molecule has 11 heteroatoms. The van der Waals surface area contributed by atoms with Gasteiger partial charge in [-0.2, -0.15) is 0 Å². The number of carbonyl (C=O) groups excluding carboxylic acids is 1. The largest absolute Gasteiger partial charge is 0.443 e. The van der Waals surface area contributed by atoms with Gasteiger partial charge in [-0.25, -0.2) is 22.5 Å². The first-order valence-electron chi connectivity index (χ1n) is 9.50. The molecule has 2 aromatic rings. The lowest BCUT2D eigenvalue weighted by Gasteiger charge is -2.30. The molecule has 0 atom stereocenters. The van der Waals surface area contributed by atoms with E-state index in [1.165, 1.54) is 31.3 Å². The zero-order valence-electron chi connectivity index (χ0n) is 17.5. The topological polar surface area (TPSA) is 97.7 Å². The first-order valence-corrected chi connectivity index (χ1v) is 12.1. The molecule has 3 rings (SSSR count). The summed E-state index contributed by atoms with van der Waals surface area (Å²) in [7, 11) is -2.36. The van der Waals surface area contributed by atoms with E-state index in [0.717, 1.165) is 9.47 Å². The van der Waals surface area contributed by atoms with Crippen LogP contribution in [-0.2, 0) is 21.8 Å². The number of hydrogen-bond acceptors (Lipinski definition) is 5. The molecule has 0 saturated heterocycles. The molecule has 1 saturated carbocycles.